The van der Waals surface area contributed by atoms with Crippen molar-refractivity contribution in [3.8, 4) is 5.75 Å². The molecular formula is C45H59N11O16S. The lowest BCUT2D eigenvalue weighted by molar-refractivity contribution is -0.144. The van der Waals surface area contributed by atoms with E-state index in [1.54, 1.807) is 13.8 Å². The standard InChI is InChI=1S/C45H59N11O16S/c1-4-20(2)37-42(68)48-15-33(61)49-29-19-73(71)44-25(24-6-5-23(12-26(24)52-44)72-10-9-55-35(63)7-8-36(55)64)13-27(39(65)47-16-34(62)53-37)50-43(69)38(21(3)31(59)18-57)54-41(67)30-11-22(58)17-56(30)45(70)28(14-32(46)60)51-40(29)66/h5-8,12,20-22,27-31,37-38,52,57-59H,4,9-11,13-19H2,1-3H3,(H2,46,60)(H,47,65)(H,48,68)(H,49,61)(H,50,69)(H,51,66)(H,53,62)(H,54,67)/t20-,21-,22+,27-,28-,29-,30-,31-,37-,38-,73?/m0/s1. The van der Waals surface area contributed by atoms with Crippen LogP contribution in [0, 0.1) is 11.8 Å². The maximum Gasteiger partial charge on any atom is 0.253 e. The molecule has 0 saturated carbocycles. The Morgan fingerprint density at radius 2 is 1.52 bits per heavy atom. The van der Waals surface area contributed by atoms with Gasteiger partial charge in [0, 0.05) is 48.9 Å². The van der Waals surface area contributed by atoms with Gasteiger partial charge in [0.2, 0.25) is 53.2 Å². The molecule has 0 spiro atoms. The molecule has 6 rings (SSSR count). The average molecular weight is 1040 g/mol. The van der Waals surface area contributed by atoms with Gasteiger partial charge in [0.1, 0.15) is 53.6 Å². The molecule has 396 valence electrons. The average Bonchev–Trinajstić information content (AvgIpc) is 4.03. The van der Waals surface area contributed by atoms with Crippen molar-refractivity contribution in [2.75, 3.05) is 45.1 Å². The number of hydrogen-bond donors (Lipinski definition) is 12. The number of carbonyl (C=O) groups excluding carboxylic acids is 11. The van der Waals surface area contributed by atoms with Crippen LogP contribution in [-0.4, -0.2) is 193 Å². The largest absolute Gasteiger partial charge is 0.492 e. The molecule has 13 N–H and O–H groups in total. The number of benzene rings is 1. The lowest BCUT2D eigenvalue weighted by atomic mass is 9.93. The molecule has 1 aromatic carbocycles. The van der Waals surface area contributed by atoms with Gasteiger partial charge in [-0.2, -0.15) is 0 Å². The summed E-state index contributed by atoms with van der Waals surface area (Å²) in [5, 5.41) is 48.8. The van der Waals surface area contributed by atoms with Gasteiger partial charge in [0.25, 0.3) is 11.8 Å². The number of imide groups is 1. The zero-order valence-electron chi connectivity index (χ0n) is 40.0. The van der Waals surface area contributed by atoms with E-state index in [2.05, 4.69) is 42.2 Å². The van der Waals surface area contributed by atoms with Crippen molar-refractivity contribution in [1.29, 1.82) is 0 Å². The zero-order chi connectivity index (χ0) is 53.4. The highest BCUT2D eigenvalue weighted by molar-refractivity contribution is 7.85. The molecule has 0 aliphatic carbocycles. The number of primary amides is 1. The Morgan fingerprint density at radius 1 is 0.849 bits per heavy atom. The zero-order valence-corrected chi connectivity index (χ0v) is 40.8. The Labute approximate surface area is 418 Å². The van der Waals surface area contributed by atoms with Crippen LogP contribution in [0.3, 0.4) is 0 Å². The van der Waals surface area contributed by atoms with Crippen LogP contribution in [0.4, 0.5) is 0 Å². The first-order chi connectivity index (χ1) is 34.6. The number of aliphatic hydroxyl groups is 3. The van der Waals surface area contributed by atoms with E-state index in [0.717, 1.165) is 22.0 Å². The molecule has 11 amide bonds. The van der Waals surface area contributed by atoms with Crippen LogP contribution in [0.5, 0.6) is 5.75 Å². The first-order valence-electron chi connectivity index (χ1n) is 23.4. The third-order valence-corrected chi connectivity index (χ3v) is 14.4. The first-order valence-corrected chi connectivity index (χ1v) is 24.7. The number of nitrogens with zero attached hydrogens (tertiary/aromatic N) is 2. The van der Waals surface area contributed by atoms with Crippen molar-refractivity contribution in [3.05, 3.63) is 35.9 Å². The molecule has 5 heterocycles. The van der Waals surface area contributed by atoms with Crippen LogP contribution in [0.2, 0.25) is 0 Å². The summed E-state index contributed by atoms with van der Waals surface area (Å²) in [6.45, 7) is 1.35. The van der Waals surface area contributed by atoms with Gasteiger partial charge < -0.3 is 72.9 Å². The summed E-state index contributed by atoms with van der Waals surface area (Å²) in [7, 11) is -2.44. The minimum atomic E-state index is -2.44. The molecule has 11 atom stereocenters. The highest BCUT2D eigenvalue weighted by Crippen LogP contribution is 2.31. The van der Waals surface area contributed by atoms with Crippen LogP contribution < -0.4 is 47.7 Å². The molecule has 1 aromatic heterocycles. The number of aromatic nitrogens is 1. The van der Waals surface area contributed by atoms with Crippen LogP contribution in [0.25, 0.3) is 10.9 Å². The summed E-state index contributed by atoms with van der Waals surface area (Å²) in [5.41, 5.74) is 5.77. The number of carbonyl (C=O) groups is 11. The summed E-state index contributed by atoms with van der Waals surface area (Å²) < 4.78 is 20.7. The van der Waals surface area contributed by atoms with Gasteiger partial charge in [0.05, 0.1) is 66.9 Å². The summed E-state index contributed by atoms with van der Waals surface area (Å²) >= 11 is 0. The molecular weight excluding hydrogens is 983 g/mol. The van der Waals surface area contributed by atoms with Gasteiger partial charge in [-0.3, -0.25) is 61.8 Å². The molecule has 1 saturated heterocycles. The molecule has 28 heteroatoms. The van der Waals surface area contributed by atoms with E-state index >= 15 is 0 Å². The van der Waals surface area contributed by atoms with Gasteiger partial charge in [0.15, 0.2) is 0 Å². The fourth-order valence-corrected chi connectivity index (χ4v) is 10.1. The van der Waals surface area contributed by atoms with Crippen molar-refractivity contribution in [2.45, 2.75) is 99.9 Å². The number of aliphatic hydroxyl groups excluding tert-OH is 3. The summed E-state index contributed by atoms with van der Waals surface area (Å²) in [6, 6.07) is -5.76. The smallest absolute Gasteiger partial charge is 0.253 e. The number of H-pyrrole nitrogens is 1. The number of amides is 11. The van der Waals surface area contributed by atoms with Gasteiger partial charge in [-0.15, -0.1) is 0 Å². The van der Waals surface area contributed by atoms with Crippen molar-refractivity contribution >= 4 is 86.7 Å². The topological polar surface area (TPSA) is 407 Å². The Bertz CT molecular complexity index is 2590. The van der Waals surface area contributed by atoms with Crippen LogP contribution in [0.1, 0.15) is 45.6 Å². The fourth-order valence-electron chi connectivity index (χ4n) is 8.69. The SMILES string of the molecule is CC[C@H](C)[C@@H]1NC(=O)CNC(=O)[C@@H]2Cc3c([nH]c4cc(OCCN5C(=O)C=CC5=O)ccc34)S(=O)C[C@H](NC(=O)CNC1=O)C(=O)N[C@@H](CC(N)=O)C(=O)N1C[C@H](O)C[C@H]1C(=O)N[C@@H]([C@@H](C)[C@@H](O)CO)C(=O)N2. The third-order valence-electron chi connectivity index (χ3n) is 13.0. The van der Waals surface area contributed by atoms with Gasteiger partial charge >= 0.3 is 0 Å². The minimum absolute atomic E-state index is 0.0577. The monoisotopic (exact) mass is 1040 g/mol. The number of nitrogens with two attached hydrogens (primary N) is 1. The highest BCUT2D eigenvalue weighted by atomic mass is 32.2. The van der Waals surface area contributed by atoms with Crippen LogP contribution in [-0.2, 0) is 70.0 Å². The maximum absolute atomic E-state index is 14.9. The fraction of sp³-hybridized carbons (Fsp3) is 0.533. The minimum Gasteiger partial charge on any atom is -0.492 e. The van der Waals surface area contributed by atoms with E-state index in [1.165, 1.54) is 25.1 Å². The molecule has 2 aromatic rings. The molecule has 4 aliphatic rings. The van der Waals surface area contributed by atoms with E-state index in [-0.39, 0.29) is 40.4 Å². The summed E-state index contributed by atoms with van der Waals surface area (Å²) in [4.78, 5) is 154. The lowest BCUT2D eigenvalue weighted by Gasteiger charge is -2.32. The Hall–Kier alpha value is -7.30. The van der Waals surface area contributed by atoms with E-state index in [4.69, 9.17) is 10.5 Å². The Kier molecular flexibility index (Phi) is 18.1. The Morgan fingerprint density at radius 3 is 2.18 bits per heavy atom. The molecule has 1 fully saturated rings. The number of nitrogens with one attached hydrogen (secondary N) is 8. The molecule has 27 nitrogen and oxygen atoms in total. The quantitative estimate of drug-likeness (QED) is 0.0932. The number of aromatic amines is 1. The molecule has 2 bridgehead atoms. The van der Waals surface area contributed by atoms with Crippen molar-refractivity contribution in [3.63, 3.8) is 0 Å². The molecule has 73 heavy (non-hydrogen) atoms. The van der Waals surface area contributed by atoms with E-state index in [1.807, 2.05) is 0 Å². The third kappa shape index (κ3) is 13.2. The first kappa shape index (κ1) is 55.0. The summed E-state index contributed by atoms with van der Waals surface area (Å²) in [5.74, 6) is -13.0. The van der Waals surface area contributed by atoms with E-state index in [9.17, 15) is 72.3 Å². The molecule has 1 unspecified atom stereocenters. The second kappa shape index (κ2) is 23.9. The van der Waals surface area contributed by atoms with Gasteiger partial charge in [-0.25, -0.2) is 0 Å². The van der Waals surface area contributed by atoms with E-state index < -0.39 is 187 Å². The predicted octanol–water partition coefficient (Wildman–Crippen LogP) is -6.32. The van der Waals surface area contributed by atoms with Gasteiger partial charge in [-0.1, -0.05) is 27.2 Å². The molecule has 4 aliphatic heterocycles. The number of ether oxygens (including phenoxy) is 1. The number of fused-ring (bicyclic) bond motifs is 5. The Balaban J connectivity index is 1.52. The molecule has 0 radical (unpaired) electrons. The number of rotatable bonds is 11. The van der Waals surface area contributed by atoms with Crippen LogP contribution >= 0.6 is 0 Å². The predicted molar refractivity (Wildman–Crippen MR) is 252 cm³/mol. The lowest BCUT2D eigenvalue weighted by Crippen LogP contribution is -2.62. The van der Waals surface area contributed by atoms with E-state index in [0.29, 0.717) is 6.42 Å². The highest BCUT2D eigenvalue weighted by Gasteiger charge is 2.45. The van der Waals surface area contributed by atoms with Crippen molar-refractivity contribution in [1.82, 2.24) is 52.0 Å². The summed E-state index contributed by atoms with van der Waals surface area (Å²) in [6.07, 6.45) is -2.37. The second-order valence-corrected chi connectivity index (χ2v) is 19.6. The van der Waals surface area contributed by atoms with Crippen molar-refractivity contribution in [2.24, 2.45) is 17.6 Å². The van der Waals surface area contributed by atoms with Crippen molar-refractivity contribution < 1.29 is 77.0 Å². The van der Waals surface area contributed by atoms with Gasteiger partial charge in [-0.05, 0) is 23.6 Å². The second-order valence-electron chi connectivity index (χ2n) is 18.1. The van der Waals surface area contributed by atoms with Crippen LogP contribution in [0.15, 0.2) is 35.4 Å². The normalized spacial score (nSPS) is 27.4. The number of hydrogen-bond acceptors (Lipinski definition) is 16. The maximum atomic E-state index is 14.9.